The summed E-state index contributed by atoms with van der Waals surface area (Å²) in [6.45, 7) is 15.8. The molecule has 0 radical (unpaired) electrons. The lowest BCUT2D eigenvalue weighted by molar-refractivity contribution is 0.0511. The van der Waals surface area contributed by atoms with Crippen LogP contribution < -0.4 is 14.8 Å². The van der Waals surface area contributed by atoms with Gasteiger partial charge in [0.05, 0.1) is 12.8 Å². The van der Waals surface area contributed by atoms with Gasteiger partial charge in [-0.3, -0.25) is 0 Å². The van der Waals surface area contributed by atoms with Crippen molar-refractivity contribution in [2.24, 2.45) is 0 Å². The van der Waals surface area contributed by atoms with E-state index in [4.69, 9.17) is 14.2 Å². The Labute approximate surface area is 211 Å². The predicted molar refractivity (Wildman–Crippen MR) is 149 cm³/mol. The van der Waals surface area contributed by atoms with E-state index in [0.717, 1.165) is 30.9 Å². The number of rotatable bonds is 10. The minimum Gasteiger partial charge on any atom is -0.496 e. The zero-order valence-corrected chi connectivity index (χ0v) is 23.7. The van der Waals surface area contributed by atoms with Gasteiger partial charge in [-0.25, -0.2) is 0 Å². The summed E-state index contributed by atoms with van der Waals surface area (Å²) in [6, 6.07) is 10.6. The minimum atomic E-state index is -1.89. The van der Waals surface area contributed by atoms with Crippen molar-refractivity contribution in [3.05, 3.63) is 53.2 Å². The van der Waals surface area contributed by atoms with Crippen LogP contribution >= 0.6 is 0 Å². The first-order valence-electron chi connectivity index (χ1n) is 12.9. The Morgan fingerprint density at radius 3 is 2.20 bits per heavy atom. The molecule has 1 aliphatic rings. The molecule has 0 aliphatic carbocycles. The van der Waals surface area contributed by atoms with Crippen molar-refractivity contribution in [3.63, 3.8) is 0 Å². The smallest absolute Gasteiger partial charge is 0.188 e. The van der Waals surface area contributed by atoms with Crippen LogP contribution in [0.2, 0.25) is 16.6 Å². The van der Waals surface area contributed by atoms with Gasteiger partial charge < -0.3 is 23.8 Å². The minimum absolute atomic E-state index is 0.256. The van der Waals surface area contributed by atoms with Gasteiger partial charge in [-0.1, -0.05) is 53.7 Å². The highest BCUT2D eigenvalue weighted by Gasteiger charge is 2.46. The first-order valence-corrected chi connectivity index (χ1v) is 15.1. The van der Waals surface area contributed by atoms with E-state index in [2.05, 4.69) is 75.5 Å². The second kappa shape index (κ2) is 10.3. The van der Waals surface area contributed by atoms with Crippen molar-refractivity contribution in [2.45, 2.75) is 71.0 Å². The Bertz CT molecular complexity index is 1140. The molecule has 0 fully saturated rings. The lowest BCUT2D eigenvalue weighted by atomic mass is 9.95. The number of anilines is 1. The normalized spacial score (nSPS) is 13.7. The van der Waals surface area contributed by atoms with Crippen LogP contribution in [0.1, 0.15) is 58.2 Å². The predicted octanol–water partition coefficient (Wildman–Crippen LogP) is 7.22. The van der Waals surface area contributed by atoms with Crippen molar-refractivity contribution in [2.75, 3.05) is 32.9 Å². The van der Waals surface area contributed by atoms with Crippen LogP contribution in [0.5, 0.6) is 11.5 Å². The van der Waals surface area contributed by atoms with E-state index >= 15 is 0 Å². The molecule has 0 saturated heterocycles. The lowest BCUT2D eigenvalue weighted by Crippen LogP contribution is -2.51. The van der Waals surface area contributed by atoms with Crippen molar-refractivity contribution in [1.82, 2.24) is 4.23 Å². The molecule has 0 spiro atoms. The molecule has 6 heteroatoms. The molecule has 3 aromatic rings. The zero-order valence-electron chi connectivity index (χ0n) is 22.7. The van der Waals surface area contributed by atoms with Crippen LogP contribution in [0, 0.1) is 0 Å². The maximum absolute atomic E-state index is 6.05. The molecule has 2 aromatic carbocycles. The molecule has 2 heterocycles. The van der Waals surface area contributed by atoms with Crippen molar-refractivity contribution < 1.29 is 14.2 Å². The van der Waals surface area contributed by atoms with E-state index in [-0.39, 0.29) is 6.79 Å². The number of nitrogens with one attached hydrogen (secondary N) is 1. The van der Waals surface area contributed by atoms with Gasteiger partial charge in [-0.2, -0.15) is 0 Å². The number of ether oxygens (including phenoxy) is 3. The van der Waals surface area contributed by atoms with Gasteiger partial charge in [0.25, 0.3) is 0 Å². The third kappa shape index (κ3) is 4.36. The molecule has 35 heavy (non-hydrogen) atoms. The summed E-state index contributed by atoms with van der Waals surface area (Å²) in [5.41, 5.74) is 8.42. The molecule has 0 atom stereocenters. The standard InChI is InChI=1S/C29H42N2O3Si/c1-19(2)35(20(3)4,21(5)6)31-17-23-13-14-30-29-25(27(33-8)16-26(31)28(23)29)15-22-9-11-24(12-10-22)34-18-32-7/h9-12,16-17,19-21,30H,13-15,18H2,1-8H3. The molecule has 4 rings (SSSR count). The fourth-order valence-corrected chi connectivity index (χ4v) is 13.4. The summed E-state index contributed by atoms with van der Waals surface area (Å²) < 4.78 is 19.4. The van der Waals surface area contributed by atoms with Gasteiger partial charge in [-0.05, 0) is 52.5 Å². The summed E-state index contributed by atoms with van der Waals surface area (Å²) in [5.74, 6) is 1.78. The molecule has 1 aromatic heterocycles. The van der Waals surface area contributed by atoms with E-state index in [1.807, 2.05) is 12.1 Å². The molecular formula is C29H42N2O3Si. The maximum Gasteiger partial charge on any atom is 0.188 e. The van der Waals surface area contributed by atoms with Crippen molar-refractivity contribution >= 4 is 24.8 Å². The highest BCUT2D eigenvalue weighted by Crippen LogP contribution is 2.48. The molecule has 1 aliphatic heterocycles. The molecule has 190 valence electrons. The molecule has 0 saturated carbocycles. The van der Waals surface area contributed by atoms with Crippen molar-refractivity contribution in [3.8, 4) is 11.5 Å². The molecule has 0 amide bonds. The first-order chi connectivity index (χ1) is 16.7. The Morgan fingerprint density at radius 1 is 0.971 bits per heavy atom. The fourth-order valence-electron chi connectivity index (χ4n) is 6.74. The van der Waals surface area contributed by atoms with E-state index in [1.165, 1.54) is 33.3 Å². The quantitative estimate of drug-likeness (QED) is 0.239. The topological polar surface area (TPSA) is 44.7 Å². The Kier molecular flexibility index (Phi) is 7.53. The van der Waals surface area contributed by atoms with Crippen LogP contribution in [0.4, 0.5) is 5.69 Å². The van der Waals surface area contributed by atoms with E-state index in [0.29, 0.717) is 16.6 Å². The highest BCUT2D eigenvalue weighted by molar-refractivity contribution is 6.82. The second-order valence-electron chi connectivity index (χ2n) is 10.8. The average molecular weight is 495 g/mol. The summed E-state index contributed by atoms with van der Waals surface area (Å²) in [6.07, 6.45) is 4.37. The number of benzene rings is 2. The van der Waals surface area contributed by atoms with Gasteiger partial charge in [0.15, 0.2) is 15.0 Å². The Hall–Kier alpha value is -2.44. The number of hydrogen-bond acceptors (Lipinski definition) is 4. The SMILES string of the molecule is COCOc1ccc(Cc2c(OC)cc3c4c(cn3[Si](C(C)C)(C(C)C)C(C)C)CCNc24)cc1. The molecule has 0 bridgehead atoms. The second-order valence-corrected chi connectivity index (χ2v) is 16.5. The number of methoxy groups -OCH3 is 2. The number of aromatic nitrogens is 1. The molecule has 1 N–H and O–H groups in total. The van der Waals surface area contributed by atoms with Crippen LogP contribution in [0.15, 0.2) is 36.5 Å². The van der Waals surface area contributed by atoms with E-state index in [1.54, 1.807) is 14.2 Å². The molecular weight excluding hydrogens is 452 g/mol. The lowest BCUT2D eigenvalue weighted by Gasteiger charge is -2.44. The van der Waals surface area contributed by atoms with Gasteiger partial charge in [0, 0.05) is 42.6 Å². The summed E-state index contributed by atoms with van der Waals surface area (Å²) in [5, 5.41) is 5.16. The van der Waals surface area contributed by atoms with Crippen molar-refractivity contribution in [1.29, 1.82) is 0 Å². The molecule has 0 unspecified atom stereocenters. The zero-order chi connectivity index (χ0) is 25.3. The average Bonchev–Trinajstić information content (AvgIpc) is 3.19. The van der Waals surface area contributed by atoms with Crippen LogP contribution in [-0.4, -0.2) is 40.0 Å². The van der Waals surface area contributed by atoms with Gasteiger partial charge >= 0.3 is 0 Å². The fraction of sp³-hybridized carbons (Fsp3) is 0.517. The van der Waals surface area contributed by atoms with E-state index in [9.17, 15) is 0 Å². The van der Waals surface area contributed by atoms with Gasteiger partial charge in [0.2, 0.25) is 0 Å². The largest absolute Gasteiger partial charge is 0.496 e. The third-order valence-corrected chi connectivity index (χ3v) is 14.7. The highest BCUT2D eigenvalue weighted by atomic mass is 28.3. The van der Waals surface area contributed by atoms with E-state index < -0.39 is 8.24 Å². The van der Waals surface area contributed by atoms with Gasteiger partial charge in [-0.15, -0.1) is 0 Å². The van der Waals surface area contributed by atoms with Crippen LogP contribution in [0.3, 0.4) is 0 Å². The third-order valence-electron chi connectivity index (χ3n) is 7.99. The Morgan fingerprint density at radius 2 is 1.63 bits per heavy atom. The van der Waals surface area contributed by atoms with Crippen LogP contribution in [0.25, 0.3) is 10.9 Å². The summed E-state index contributed by atoms with van der Waals surface area (Å²) in [4.78, 5) is 0. The summed E-state index contributed by atoms with van der Waals surface area (Å²) in [7, 11) is 1.54. The number of nitrogens with zero attached hydrogens (tertiary/aromatic N) is 1. The summed E-state index contributed by atoms with van der Waals surface area (Å²) >= 11 is 0. The number of hydrogen-bond donors (Lipinski definition) is 1. The molecule has 5 nitrogen and oxygen atoms in total. The maximum atomic E-state index is 6.05. The Balaban J connectivity index is 1.87. The van der Waals surface area contributed by atoms with Gasteiger partial charge in [0.1, 0.15) is 11.5 Å². The van der Waals surface area contributed by atoms with Crippen LogP contribution in [-0.2, 0) is 17.6 Å². The first kappa shape index (κ1) is 25.6. The monoisotopic (exact) mass is 494 g/mol.